The lowest BCUT2D eigenvalue weighted by atomic mass is 10.1. The second kappa shape index (κ2) is 4.78. The molecule has 1 nitrogen and oxygen atoms in total. The predicted molar refractivity (Wildman–Crippen MR) is 56.3 cm³/mol. The number of hydrogen-bond acceptors (Lipinski definition) is 1. The van der Waals surface area contributed by atoms with E-state index in [-0.39, 0.29) is 11.9 Å². The molecule has 1 rings (SSSR count). The zero-order valence-corrected chi connectivity index (χ0v) is 8.47. The van der Waals surface area contributed by atoms with E-state index in [4.69, 9.17) is 6.42 Å². The molecule has 0 aliphatic heterocycles. The van der Waals surface area contributed by atoms with Gasteiger partial charge in [-0.3, -0.25) is 5.32 Å². The number of aryl methyl sites for hydroxylation is 1. The molecule has 0 aromatic heterocycles. The first kappa shape index (κ1) is 10.7. The summed E-state index contributed by atoms with van der Waals surface area (Å²) >= 11 is 0. The molecule has 1 atom stereocenters. The molecule has 1 N–H and O–H groups in total. The summed E-state index contributed by atoms with van der Waals surface area (Å²) in [4.78, 5) is 0. The summed E-state index contributed by atoms with van der Waals surface area (Å²) in [6.07, 6.45) is 5.20. The van der Waals surface area contributed by atoms with Gasteiger partial charge >= 0.3 is 0 Å². The normalized spacial score (nSPS) is 12.1. The molecule has 0 saturated heterocycles. The molecule has 14 heavy (non-hydrogen) atoms. The maximum Gasteiger partial charge on any atom is 0.126 e. The van der Waals surface area contributed by atoms with Crippen LogP contribution in [0.15, 0.2) is 18.2 Å². The quantitative estimate of drug-likeness (QED) is 0.722. The second-order valence-corrected chi connectivity index (χ2v) is 3.35. The van der Waals surface area contributed by atoms with Crippen LogP contribution in [0, 0.1) is 25.1 Å². The van der Waals surface area contributed by atoms with Crippen molar-refractivity contribution in [2.45, 2.75) is 26.4 Å². The Morgan fingerprint density at radius 3 is 2.86 bits per heavy atom. The van der Waals surface area contributed by atoms with Crippen molar-refractivity contribution in [3.05, 3.63) is 35.1 Å². The van der Waals surface area contributed by atoms with Gasteiger partial charge < -0.3 is 0 Å². The Morgan fingerprint density at radius 2 is 2.29 bits per heavy atom. The lowest BCUT2D eigenvalue weighted by Gasteiger charge is -2.07. The third-order valence-electron chi connectivity index (χ3n) is 2.10. The summed E-state index contributed by atoms with van der Waals surface area (Å²) in [7, 11) is 0. The first-order chi connectivity index (χ1) is 6.63. The van der Waals surface area contributed by atoms with Crippen LogP contribution in [0.1, 0.15) is 18.1 Å². The van der Waals surface area contributed by atoms with E-state index in [0.717, 1.165) is 5.56 Å². The topological polar surface area (TPSA) is 12.0 Å². The molecule has 1 unspecified atom stereocenters. The lowest BCUT2D eigenvalue weighted by molar-refractivity contribution is 0.606. The molecule has 0 radical (unpaired) electrons. The average molecular weight is 191 g/mol. The molecule has 0 amide bonds. The van der Waals surface area contributed by atoms with E-state index in [1.165, 1.54) is 6.07 Å². The molecule has 0 saturated carbocycles. The number of terminal acetylenes is 1. The Hall–Kier alpha value is -1.33. The minimum atomic E-state index is -0.169. The number of rotatable bonds is 3. The van der Waals surface area contributed by atoms with Gasteiger partial charge in [0.15, 0.2) is 0 Å². The smallest absolute Gasteiger partial charge is 0.126 e. The molecule has 2 heteroatoms. The highest BCUT2D eigenvalue weighted by Crippen LogP contribution is 2.08. The van der Waals surface area contributed by atoms with Crippen LogP contribution in [0.25, 0.3) is 0 Å². The van der Waals surface area contributed by atoms with Gasteiger partial charge in [-0.25, -0.2) is 4.39 Å². The van der Waals surface area contributed by atoms with E-state index in [1.807, 2.05) is 13.0 Å². The van der Waals surface area contributed by atoms with E-state index in [9.17, 15) is 4.39 Å². The van der Waals surface area contributed by atoms with E-state index >= 15 is 0 Å². The molecule has 1 aromatic rings. The van der Waals surface area contributed by atoms with Gasteiger partial charge in [-0.15, -0.1) is 6.42 Å². The van der Waals surface area contributed by atoms with Crippen molar-refractivity contribution in [1.82, 2.24) is 5.32 Å². The van der Waals surface area contributed by atoms with E-state index in [0.29, 0.717) is 12.1 Å². The number of benzene rings is 1. The van der Waals surface area contributed by atoms with Crippen LogP contribution in [0.3, 0.4) is 0 Å². The minimum Gasteiger partial charge on any atom is -0.300 e. The van der Waals surface area contributed by atoms with Crippen LogP contribution in [0.4, 0.5) is 4.39 Å². The summed E-state index contributed by atoms with van der Waals surface area (Å²) in [5.41, 5.74) is 1.58. The predicted octanol–water partition coefficient (Wildman–Crippen LogP) is 2.25. The Bertz CT molecular complexity index is 352. The summed E-state index contributed by atoms with van der Waals surface area (Å²) < 4.78 is 13.1. The van der Waals surface area contributed by atoms with Gasteiger partial charge in [0.1, 0.15) is 5.82 Å². The molecule has 0 aliphatic rings. The monoisotopic (exact) mass is 191 g/mol. The van der Waals surface area contributed by atoms with Crippen LogP contribution in [-0.4, -0.2) is 6.04 Å². The van der Waals surface area contributed by atoms with Crippen molar-refractivity contribution >= 4 is 0 Å². The van der Waals surface area contributed by atoms with Crippen LogP contribution in [0.5, 0.6) is 0 Å². The van der Waals surface area contributed by atoms with Crippen LogP contribution >= 0.6 is 0 Å². The first-order valence-electron chi connectivity index (χ1n) is 4.58. The van der Waals surface area contributed by atoms with Gasteiger partial charge in [0, 0.05) is 6.54 Å². The Labute approximate surface area is 84.3 Å². The average Bonchev–Trinajstić information content (AvgIpc) is 2.19. The van der Waals surface area contributed by atoms with Crippen molar-refractivity contribution in [3.8, 4) is 12.3 Å². The number of nitrogens with one attached hydrogen (secondary N) is 1. The maximum atomic E-state index is 13.1. The van der Waals surface area contributed by atoms with Crippen molar-refractivity contribution in [2.24, 2.45) is 0 Å². The molecule has 1 aromatic carbocycles. The van der Waals surface area contributed by atoms with Crippen molar-refractivity contribution in [1.29, 1.82) is 0 Å². The Balaban J connectivity index is 2.61. The van der Waals surface area contributed by atoms with E-state index in [2.05, 4.69) is 11.2 Å². The van der Waals surface area contributed by atoms with Gasteiger partial charge in [-0.05, 0) is 31.0 Å². The standard InChI is InChI=1S/C12H14FN/c1-4-10(3)14-8-11-6-5-9(2)12(13)7-11/h1,5-7,10,14H,8H2,2-3H3. The zero-order chi connectivity index (χ0) is 10.6. The largest absolute Gasteiger partial charge is 0.300 e. The third kappa shape index (κ3) is 2.86. The van der Waals surface area contributed by atoms with E-state index < -0.39 is 0 Å². The lowest BCUT2D eigenvalue weighted by Crippen LogP contribution is -2.23. The minimum absolute atomic E-state index is 0.0133. The number of hydrogen-bond donors (Lipinski definition) is 1. The summed E-state index contributed by atoms with van der Waals surface area (Å²) in [5, 5.41) is 3.09. The fourth-order valence-corrected chi connectivity index (χ4v) is 1.08. The van der Waals surface area contributed by atoms with Gasteiger partial charge in [0.05, 0.1) is 6.04 Å². The molecule has 74 valence electrons. The molecule has 0 bridgehead atoms. The molecular formula is C12H14FN. The second-order valence-electron chi connectivity index (χ2n) is 3.35. The SMILES string of the molecule is C#CC(C)NCc1ccc(C)c(F)c1. The molecule has 0 fully saturated rings. The maximum absolute atomic E-state index is 13.1. The molecule has 0 spiro atoms. The highest BCUT2D eigenvalue weighted by molar-refractivity contribution is 5.23. The van der Waals surface area contributed by atoms with Crippen LogP contribution < -0.4 is 5.32 Å². The molecule has 0 aliphatic carbocycles. The van der Waals surface area contributed by atoms with Crippen LogP contribution in [0.2, 0.25) is 0 Å². The van der Waals surface area contributed by atoms with Gasteiger partial charge in [0.2, 0.25) is 0 Å². The summed E-state index contributed by atoms with van der Waals surface area (Å²) in [6.45, 7) is 4.24. The first-order valence-corrected chi connectivity index (χ1v) is 4.58. The summed E-state index contributed by atoms with van der Waals surface area (Å²) in [5.74, 6) is 2.39. The van der Waals surface area contributed by atoms with Gasteiger partial charge in [-0.1, -0.05) is 18.1 Å². The van der Waals surface area contributed by atoms with Crippen LogP contribution in [-0.2, 0) is 6.54 Å². The fraction of sp³-hybridized carbons (Fsp3) is 0.333. The zero-order valence-electron chi connectivity index (χ0n) is 8.47. The Morgan fingerprint density at radius 1 is 1.57 bits per heavy atom. The summed E-state index contributed by atoms with van der Waals surface area (Å²) in [6, 6.07) is 5.21. The van der Waals surface area contributed by atoms with Crippen molar-refractivity contribution in [3.63, 3.8) is 0 Å². The fourth-order valence-electron chi connectivity index (χ4n) is 1.08. The van der Waals surface area contributed by atoms with Crippen molar-refractivity contribution < 1.29 is 4.39 Å². The highest BCUT2D eigenvalue weighted by atomic mass is 19.1. The van der Waals surface area contributed by atoms with E-state index in [1.54, 1.807) is 13.0 Å². The van der Waals surface area contributed by atoms with Crippen molar-refractivity contribution in [2.75, 3.05) is 0 Å². The third-order valence-corrected chi connectivity index (χ3v) is 2.10. The van der Waals surface area contributed by atoms with Gasteiger partial charge in [-0.2, -0.15) is 0 Å². The molecule has 0 heterocycles. The molecular weight excluding hydrogens is 177 g/mol. The number of halogens is 1. The highest BCUT2D eigenvalue weighted by Gasteiger charge is 2.00. The Kier molecular flexibility index (Phi) is 3.67. The van der Waals surface area contributed by atoms with Gasteiger partial charge in [0.25, 0.3) is 0 Å².